The Morgan fingerprint density at radius 2 is 1.27 bits per heavy atom. The van der Waals surface area contributed by atoms with Crippen LogP contribution in [0.2, 0.25) is 0 Å². The molecule has 5 aliphatic carbocycles. The molecule has 20 atom stereocenters. The van der Waals surface area contributed by atoms with E-state index in [0.29, 0.717) is 38.5 Å². The van der Waals surface area contributed by atoms with E-state index in [-0.39, 0.29) is 24.0 Å². The smallest absolute Gasteiger partial charge is 0.335 e. The maximum Gasteiger partial charge on any atom is 0.335 e. The Labute approximate surface area is 342 Å². The van der Waals surface area contributed by atoms with Crippen molar-refractivity contribution < 1.29 is 84.1 Å². The lowest BCUT2D eigenvalue weighted by atomic mass is 9.33. The molecule has 17 heteroatoms. The van der Waals surface area contributed by atoms with Gasteiger partial charge in [0.25, 0.3) is 0 Å². The molecule has 0 aromatic rings. The van der Waals surface area contributed by atoms with E-state index in [1.165, 1.54) is 0 Å². The van der Waals surface area contributed by atoms with E-state index < -0.39 is 130 Å². The summed E-state index contributed by atoms with van der Waals surface area (Å²) in [4.78, 5) is 51.4. The van der Waals surface area contributed by atoms with E-state index in [0.717, 1.165) is 12.0 Å². The van der Waals surface area contributed by atoms with Gasteiger partial charge < -0.3 is 64.9 Å². The fourth-order valence-electron chi connectivity index (χ4n) is 13.5. The van der Waals surface area contributed by atoms with Crippen LogP contribution in [0.15, 0.2) is 11.6 Å². The van der Waals surface area contributed by atoms with E-state index in [1.807, 2.05) is 20.8 Å². The Morgan fingerprint density at radius 1 is 0.678 bits per heavy atom. The number of carboxylic acids is 3. The molecule has 2 aliphatic heterocycles. The molecule has 0 aromatic carbocycles. The lowest BCUT2D eigenvalue weighted by Gasteiger charge is -2.71. The molecular formula is C42H62O17. The van der Waals surface area contributed by atoms with E-state index in [4.69, 9.17) is 18.9 Å². The normalized spacial score (nSPS) is 53.1. The van der Waals surface area contributed by atoms with E-state index in [9.17, 15) is 65.1 Å². The van der Waals surface area contributed by atoms with Crippen molar-refractivity contribution in [2.45, 2.75) is 173 Å². The van der Waals surface area contributed by atoms with Gasteiger partial charge in [0.1, 0.15) is 36.6 Å². The van der Waals surface area contributed by atoms with Crippen LogP contribution in [-0.4, -0.2) is 143 Å². The van der Waals surface area contributed by atoms with E-state index in [1.54, 1.807) is 13.0 Å². The summed E-state index contributed by atoms with van der Waals surface area (Å²) < 4.78 is 23.3. The van der Waals surface area contributed by atoms with Crippen LogP contribution in [0, 0.1) is 50.2 Å². The molecule has 0 aromatic heterocycles. The first kappa shape index (κ1) is 44.5. The molecule has 4 saturated carbocycles. The Balaban J connectivity index is 1.18. The van der Waals surface area contributed by atoms with E-state index >= 15 is 0 Å². The van der Waals surface area contributed by atoms with Crippen molar-refractivity contribution in [3.63, 3.8) is 0 Å². The van der Waals surface area contributed by atoms with Gasteiger partial charge in [0, 0.05) is 11.3 Å². The first-order chi connectivity index (χ1) is 27.2. The minimum absolute atomic E-state index is 0.0211. The Bertz CT molecular complexity index is 1770. The first-order valence-electron chi connectivity index (χ1n) is 20.8. The second-order valence-electron chi connectivity index (χ2n) is 20.7. The quantitative estimate of drug-likeness (QED) is 0.163. The van der Waals surface area contributed by atoms with Crippen molar-refractivity contribution in [1.82, 2.24) is 0 Å². The molecule has 6 fully saturated rings. The number of carbonyl (C=O) groups is 4. The Morgan fingerprint density at radius 3 is 1.86 bits per heavy atom. The van der Waals surface area contributed by atoms with Gasteiger partial charge in [0.2, 0.25) is 0 Å². The van der Waals surface area contributed by atoms with Crippen molar-refractivity contribution in [2.75, 3.05) is 0 Å². The molecule has 9 N–H and O–H groups in total. The van der Waals surface area contributed by atoms with Gasteiger partial charge in [-0.25, -0.2) is 9.59 Å². The summed E-state index contributed by atoms with van der Waals surface area (Å²) in [7, 11) is 0. The standard InChI is InChI=1S/C42H62O17/c1-37(2)20-8-11-42(7)31(19(43)14-17-18-15-38(3,36(54)55)16-21(44)39(18,4)12-13-41(17,42)6)40(20,5)10-9-22(37)56-35-30(26(48)25(47)29(58-35)33(52)53)59-34-27(49)23(45)24(46)28(57-34)32(50)51/h14,18,20-31,34-35,44-49H,8-13,15-16H2,1-7H3,(H,50,51)(H,52,53)(H,54,55)/t18-,20-,21+,22-,23-,24-,25-,26-,27+,28-,29-,30+,31+,34-,35-,38+,39+,40-,41+,42+/m0/s1. The second kappa shape index (κ2) is 14.5. The van der Waals surface area contributed by atoms with Crippen LogP contribution in [0.1, 0.15) is 99.8 Å². The fraction of sp³-hybridized carbons (Fsp3) is 0.857. The first-order valence-corrected chi connectivity index (χ1v) is 20.8. The van der Waals surface area contributed by atoms with Gasteiger partial charge in [-0.1, -0.05) is 47.1 Å². The van der Waals surface area contributed by atoms with Crippen LogP contribution < -0.4 is 0 Å². The highest BCUT2D eigenvalue weighted by Gasteiger charge is 2.71. The number of aliphatic hydroxyl groups excluding tert-OH is 6. The second-order valence-corrected chi connectivity index (χ2v) is 20.7. The third-order valence-corrected chi connectivity index (χ3v) is 17.3. The van der Waals surface area contributed by atoms with Crippen molar-refractivity contribution >= 4 is 23.7 Å². The molecule has 2 saturated heterocycles. The number of carboxylic acid groups (broad SMARTS) is 3. The number of hydrogen-bond donors (Lipinski definition) is 9. The van der Waals surface area contributed by atoms with Crippen LogP contribution in [0.4, 0.5) is 0 Å². The zero-order valence-electron chi connectivity index (χ0n) is 34.7. The van der Waals surface area contributed by atoms with Crippen LogP contribution in [0.25, 0.3) is 0 Å². The van der Waals surface area contributed by atoms with Gasteiger partial charge in [0.05, 0.1) is 17.6 Å². The predicted octanol–water partition coefficient (Wildman–Crippen LogP) is 1.22. The molecule has 0 bridgehead atoms. The van der Waals surface area contributed by atoms with Gasteiger partial charge in [-0.3, -0.25) is 9.59 Å². The number of aliphatic carboxylic acids is 3. The summed E-state index contributed by atoms with van der Waals surface area (Å²) in [5.74, 6) is -5.13. The lowest BCUT2D eigenvalue weighted by Crippen LogP contribution is -2.68. The number of allylic oxidation sites excluding steroid dienone is 2. The zero-order valence-corrected chi connectivity index (χ0v) is 34.7. The van der Waals surface area contributed by atoms with Gasteiger partial charge in [-0.2, -0.15) is 0 Å². The number of rotatable bonds is 7. The fourth-order valence-corrected chi connectivity index (χ4v) is 13.5. The minimum Gasteiger partial charge on any atom is -0.481 e. The number of hydrogen-bond acceptors (Lipinski definition) is 14. The summed E-state index contributed by atoms with van der Waals surface area (Å²) in [6, 6.07) is 0. The molecule has 0 unspecified atom stereocenters. The molecule has 7 rings (SSSR count). The zero-order chi connectivity index (χ0) is 43.7. The molecule has 59 heavy (non-hydrogen) atoms. The molecule has 7 aliphatic rings. The molecule has 0 amide bonds. The van der Waals surface area contributed by atoms with Crippen molar-refractivity contribution in [2.24, 2.45) is 50.2 Å². The summed E-state index contributed by atoms with van der Waals surface area (Å²) in [6.45, 7) is 14.2. The third-order valence-electron chi connectivity index (χ3n) is 17.3. The molecular weight excluding hydrogens is 776 g/mol. The molecule has 2 heterocycles. The molecule has 0 spiro atoms. The van der Waals surface area contributed by atoms with E-state index in [2.05, 4.69) is 20.8 Å². The SMILES string of the molecule is CC1(C)[C@@H](O[C@H]2O[C@H](C(=O)O)[C@@H](O)[C@H](O)[C@H]2O[C@@H]2O[C@H](C(=O)O)[C@@H](O)[C@H](O)[C@H]2O)CC[C@]2(C)[C@H]3C(=O)C=C4[C@@H]5C[C@@](C)(C(=O)O)C[C@@H](O)[C@]5(C)CC[C@@]4(C)[C@]3(C)CC[C@@H]12. The number of fused-ring (bicyclic) bond motifs is 7. The van der Waals surface area contributed by atoms with Gasteiger partial charge >= 0.3 is 17.9 Å². The van der Waals surface area contributed by atoms with Crippen molar-refractivity contribution in [3.8, 4) is 0 Å². The Kier molecular flexibility index (Phi) is 10.9. The van der Waals surface area contributed by atoms with Gasteiger partial charge in [0.15, 0.2) is 30.6 Å². The number of carbonyl (C=O) groups excluding carboxylic acids is 1. The maximum absolute atomic E-state index is 14.9. The highest BCUT2D eigenvalue weighted by atomic mass is 16.8. The number of aliphatic hydroxyl groups is 6. The van der Waals surface area contributed by atoms with Crippen LogP contribution >= 0.6 is 0 Å². The lowest BCUT2D eigenvalue weighted by molar-refractivity contribution is -0.371. The monoisotopic (exact) mass is 838 g/mol. The average molecular weight is 839 g/mol. The highest BCUT2D eigenvalue weighted by Crippen LogP contribution is 2.75. The number of ketones is 1. The molecule has 17 nitrogen and oxygen atoms in total. The highest BCUT2D eigenvalue weighted by molar-refractivity contribution is 5.95. The summed E-state index contributed by atoms with van der Waals surface area (Å²) in [5.41, 5.74) is -3.05. The summed E-state index contributed by atoms with van der Waals surface area (Å²) in [5, 5.41) is 94.5. The summed E-state index contributed by atoms with van der Waals surface area (Å²) in [6.07, 6.45) is -15.4. The van der Waals surface area contributed by atoms with Gasteiger partial charge in [-0.15, -0.1) is 0 Å². The van der Waals surface area contributed by atoms with Crippen LogP contribution in [0.3, 0.4) is 0 Å². The average Bonchev–Trinajstić information content (AvgIpc) is 3.13. The van der Waals surface area contributed by atoms with Crippen molar-refractivity contribution in [1.29, 1.82) is 0 Å². The maximum atomic E-state index is 14.9. The predicted molar refractivity (Wildman–Crippen MR) is 201 cm³/mol. The van der Waals surface area contributed by atoms with Crippen LogP contribution in [-0.2, 0) is 38.1 Å². The van der Waals surface area contributed by atoms with Gasteiger partial charge in [-0.05, 0) is 97.9 Å². The van der Waals surface area contributed by atoms with Crippen molar-refractivity contribution in [3.05, 3.63) is 11.6 Å². The number of ether oxygens (including phenoxy) is 4. The third kappa shape index (κ3) is 6.38. The largest absolute Gasteiger partial charge is 0.481 e. The van der Waals surface area contributed by atoms with Crippen LogP contribution in [0.5, 0.6) is 0 Å². The minimum atomic E-state index is -2.06. The Hall–Kier alpha value is -2.58. The summed E-state index contributed by atoms with van der Waals surface area (Å²) >= 11 is 0. The topological polar surface area (TPSA) is 287 Å². The molecule has 0 radical (unpaired) electrons. The molecule has 332 valence electrons.